The van der Waals surface area contributed by atoms with Crippen LogP contribution in [0.25, 0.3) is 0 Å². The molecule has 0 rings (SSSR count). The summed E-state index contributed by atoms with van der Waals surface area (Å²) >= 11 is 0. The Morgan fingerprint density at radius 1 is 0.654 bits per heavy atom. The fourth-order valence-electron chi connectivity index (χ4n) is 6.19. The van der Waals surface area contributed by atoms with Gasteiger partial charge in [-0.3, -0.25) is 9.36 Å². The highest BCUT2D eigenvalue weighted by Crippen LogP contribution is 2.38. The van der Waals surface area contributed by atoms with Crippen LogP contribution in [-0.2, 0) is 18.4 Å². The number of aliphatic hydroxyl groups excluding tert-OH is 1. The molecule has 8 nitrogen and oxygen atoms in total. The maximum absolute atomic E-state index is 12.2. The molecule has 0 aliphatic heterocycles. The number of unbranched alkanes of at least 4 members (excludes halogenated alkanes) is 25. The average Bonchev–Trinajstić information content (AvgIpc) is 3.10. The standard InChI is InChI=1S/C43H85N2O6P/c1-6-8-9-10-11-12-13-14-15-16-17-18-19-20-21-22-23-24-25-26-27-28-29-30-31-32-33-34-35-36-37-42(46)41(44-43(47)7-2)40-51-52(48,49)50-39-38-45(3,4)5/h32-33,36-37,41-42,46H,6-31,34-35,38-40H2,1-5H3,(H-,44,47,48,49)/b33-32+,37-36+. The Hall–Kier alpha value is -1.02. The smallest absolute Gasteiger partial charge is 0.268 e. The van der Waals surface area contributed by atoms with E-state index in [0.717, 1.165) is 19.3 Å². The minimum Gasteiger partial charge on any atom is -0.756 e. The fourth-order valence-corrected chi connectivity index (χ4v) is 6.92. The van der Waals surface area contributed by atoms with Gasteiger partial charge in [0.2, 0.25) is 5.91 Å². The molecule has 9 heteroatoms. The average molecular weight is 757 g/mol. The molecule has 0 fully saturated rings. The largest absolute Gasteiger partial charge is 0.756 e. The molecule has 0 aromatic carbocycles. The quantitative estimate of drug-likeness (QED) is 0.0280. The van der Waals surface area contributed by atoms with Gasteiger partial charge in [0.05, 0.1) is 39.9 Å². The van der Waals surface area contributed by atoms with Crippen LogP contribution in [0.1, 0.15) is 194 Å². The first kappa shape index (κ1) is 51.0. The molecule has 52 heavy (non-hydrogen) atoms. The molecule has 0 aromatic heterocycles. The summed E-state index contributed by atoms with van der Waals surface area (Å²) < 4.78 is 22.6. The molecular weight excluding hydrogens is 671 g/mol. The van der Waals surface area contributed by atoms with Crippen molar-refractivity contribution in [2.24, 2.45) is 0 Å². The van der Waals surface area contributed by atoms with Crippen LogP contribution in [0.15, 0.2) is 24.3 Å². The molecule has 0 radical (unpaired) electrons. The van der Waals surface area contributed by atoms with Crippen molar-refractivity contribution in [3.05, 3.63) is 24.3 Å². The summed E-state index contributed by atoms with van der Waals surface area (Å²) in [5.41, 5.74) is 0. The second-order valence-electron chi connectivity index (χ2n) is 16.0. The lowest BCUT2D eigenvalue weighted by Gasteiger charge is -2.29. The molecule has 0 aliphatic carbocycles. The number of amides is 1. The molecule has 0 aromatic rings. The Balaban J connectivity index is 3.73. The molecule has 2 N–H and O–H groups in total. The highest BCUT2D eigenvalue weighted by Gasteiger charge is 2.22. The number of likely N-dealkylation sites (N-methyl/N-ethyl adjacent to an activating group) is 1. The number of hydrogen-bond acceptors (Lipinski definition) is 6. The lowest BCUT2D eigenvalue weighted by atomic mass is 10.0. The number of quaternary nitrogens is 1. The van der Waals surface area contributed by atoms with E-state index in [9.17, 15) is 19.4 Å². The second kappa shape index (κ2) is 35.7. The maximum atomic E-state index is 12.2. The van der Waals surface area contributed by atoms with Crippen molar-refractivity contribution in [3.8, 4) is 0 Å². The fraction of sp³-hybridized carbons (Fsp3) is 0.884. The summed E-state index contributed by atoms with van der Waals surface area (Å²) in [6.45, 7) is 4.07. The van der Waals surface area contributed by atoms with Gasteiger partial charge in [0, 0.05) is 6.42 Å². The number of hydrogen-bond donors (Lipinski definition) is 2. The van der Waals surface area contributed by atoms with E-state index < -0.39 is 26.6 Å². The third-order valence-electron chi connectivity index (χ3n) is 9.73. The monoisotopic (exact) mass is 757 g/mol. The van der Waals surface area contributed by atoms with E-state index in [1.54, 1.807) is 13.0 Å². The Kier molecular flexibility index (Phi) is 35.0. The van der Waals surface area contributed by atoms with Gasteiger partial charge >= 0.3 is 0 Å². The Bertz CT molecular complexity index is 907. The number of allylic oxidation sites excluding steroid dienone is 3. The molecule has 308 valence electrons. The van der Waals surface area contributed by atoms with Crippen molar-refractivity contribution in [2.45, 2.75) is 206 Å². The molecule has 0 saturated heterocycles. The van der Waals surface area contributed by atoms with Gasteiger partial charge in [0.15, 0.2) is 0 Å². The minimum absolute atomic E-state index is 0.00803. The number of rotatable bonds is 39. The van der Waals surface area contributed by atoms with Crippen LogP contribution in [-0.4, -0.2) is 68.5 Å². The van der Waals surface area contributed by atoms with Gasteiger partial charge < -0.3 is 28.8 Å². The molecule has 0 spiro atoms. The van der Waals surface area contributed by atoms with Crippen LogP contribution in [0, 0.1) is 0 Å². The number of nitrogens with one attached hydrogen (secondary N) is 1. The van der Waals surface area contributed by atoms with Gasteiger partial charge in [-0.05, 0) is 25.7 Å². The number of carbonyl (C=O) groups is 1. The molecule has 0 saturated carbocycles. The summed E-state index contributed by atoms with van der Waals surface area (Å²) in [7, 11) is 1.24. The zero-order valence-electron chi connectivity index (χ0n) is 34.8. The van der Waals surface area contributed by atoms with E-state index in [2.05, 4.69) is 24.4 Å². The van der Waals surface area contributed by atoms with Crippen LogP contribution in [0.2, 0.25) is 0 Å². The molecule has 0 heterocycles. The van der Waals surface area contributed by atoms with Gasteiger partial charge in [-0.2, -0.15) is 0 Å². The predicted octanol–water partition coefficient (Wildman–Crippen LogP) is 11.1. The lowest BCUT2D eigenvalue weighted by Crippen LogP contribution is -2.45. The maximum Gasteiger partial charge on any atom is 0.268 e. The van der Waals surface area contributed by atoms with E-state index >= 15 is 0 Å². The zero-order valence-corrected chi connectivity index (χ0v) is 35.7. The summed E-state index contributed by atoms with van der Waals surface area (Å²) in [4.78, 5) is 24.1. The minimum atomic E-state index is -4.55. The third kappa shape index (κ3) is 37.3. The highest BCUT2D eigenvalue weighted by molar-refractivity contribution is 7.45. The first-order chi connectivity index (χ1) is 25.0. The van der Waals surface area contributed by atoms with Crippen molar-refractivity contribution in [1.82, 2.24) is 5.32 Å². The number of aliphatic hydroxyl groups is 1. The molecule has 0 aliphatic rings. The lowest BCUT2D eigenvalue weighted by molar-refractivity contribution is -0.870. The van der Waals surface area contributed by atoms with E-state index in [-0.39, 0.29) is 18.9 Å². The molecule has 3 unspecified atom stereocenters. The van der Waals surface area contributed by atoms with E-state index in [1.807, 2.05) is 27.2 Å². The van der Waals surface area contributed by atoms with Crippen molar-refractivity contribution >= 4 is 13.7 Å². The summed E-state index contributed by atoms with van der Waals surface area (Å²) in [5, 5.41) is 13.2. The first-order valence-corrected chi connectivity index (χ1v) is 23.2. The Morgan fingerprint density at radius 2 is 1.06 bits per heavy atom. The van der Waals surface area contributed by atoms with E-state index in [0.29, 0.717) is 11.0 Å². The number of phosphoric ester groups is 1. The SMILES string of the molecule is CCCCCCCCCCCCCCCCCCCCCCCCCC/C=C/CC/C=C/C(O)C(COP(=O)([O-])OCC[N+](C)(C)C)NC(=O)CC. The number of nitrogens with zero attached hydrogens (tertiary/aromatic N) is 1. The van der Waals surface area contributed by atoms with Gasteiger partial charge in [0.1, 0.15) is 13.2 Å². The highest BCUT2D eigenvalue weighted by atomic mass is 31.2. The third-order valence-corrected chi connectivity index (χ3v) is 10.7. The molecule has 1 amide bonds. The van der Waals surface area contributed by atoms with Crippen molar-refractivity contribution < 1.29 is 32.9 Å². The van der Waals surface area contributed by atoms with Crippen LogP contribution in [0.3, 0.4) is 0 Å². The van der Waals surface area contributed by atoms with Crippen LogP contribution < -0.4 is 10.2 Å². The van der Waals surface area contributed by atoms with Crippen molar-refractivity contribution in [1.29, 1.82) is 0 Å². The molecule has 3 atom stereocenters. The predicted molar refractivity (Wildman–Crippen MR) is 219 cm³/mol. The van der Waals surface area contributed by atoms with Crippen molar-refractivity contribution in [3.63, 3.8) is 0 Å². The molecule has 0 bridgehead atoms. The number of phosphoric acid groups is 1. The first-order valence-electron chi connectivity index (χ1n) is 21.7. The van der Waals surface area contributed by atoms with Crippen molar-refractivity contribution in [2.75, 3.05) is 40.9 Å². The normalized spacial score (nSPS) is 14.7. The van der Waals surface area contributed by atoms with Gasteiger partial charge in [-0.1, -0.05) is 186 Å². The Morgan fingerprint density at radius 3 is 1.48 bits per heavy atom. The van der Waals surface area contributed by atoms with Gasteiger partial charge in [0.25, 0.3) is 7.82 Å². The Labute approximate surface area is 322 Å². The van der Waals surface area contributed by atoms with Crippen LogP contribution >= 0.6 is 7.82 Å². The van der Waals surface area contributed by atoms with E-state index in [4.69, 9.17) is 9.05 Å². The van der Waals surface area contributed by atoms with E-state index in [1.165, 1.54) is 154 Å². The topological polar surface area (TPSA) is 108 Å². The summed E-state index contributed by atoms with van der Waals surface area (Å²) in [6, 6.07) is -0.896. The molecular formula is C43H85N2O6P. The van der Waals surface area contributed by atoms with Gasteiger partial charge in [-0.25, -0.2) is 0 Å². The second-order valence-corrected chi connectivity index (χ2v) is 17.4. The number of carbonyl (C=O) groups excluding carboxylic acids is 1. The van der Waals surface area contributed by atoms with Crippen LogP contribution in [0.5, 0.6) is 0 Å². The van der Waals surface area contributed by atoms with Crippen LogP contribution in [0.4, 0.5) is 0 Å². The van der Waals surface area contributed by atoms with Gasteiger partial charge in [-0.15, -0.1) is 0 Å². The zero-order chi connectivity index (χ0) is 38.6. The summed E-state index contributed by atoms with van der Waals surface area (Å²) in [6.07, 6.45) is 43.5. The summed E-state index contributed by atoms with van der Waals surface area (Å²) in [5.74, 6) is -0.295.